The summed E-state index contributed by atoms with van der Waals surface area (Å²) in [6.45, 7) is 8.69. The molecule has 7 nitrogen and oxygen atoms in total. The van der Waals surface area contributed by atoms with E-state index in [9.17, 15) is 0 Å². The van der Waals surface area contributed by atoms with Crippen LogP contribution in [0, 0.1) is 5.92 Å². The Balaban J connectivity index is 0.00000288. The number of guanidine groups is 1. The summed E-state index contributed by atoms with van der Waals surface area (Å²) in [6, 6.07) is 0. The Bertz CT molecular complexity index is 436. The highest BCUT2D eigenvalue weighted by Gasteiger charge is 2.15. The van der Waals surface area contributed by atoms with Gasteiger partial charge in [-0.1, -0.05) is 0 Å². The van der Waals surface area contributed by atoms with Crippen molar-refractivity contribution in [1.29, 1.82) is 0 Å². The Morgan fingerprint density at radius 3 is 3.08 bits per heavy atom. The lowest BCUT2D eigenvalue weighted by Gasteiger charge is -2.12. The second-order valence-corrected chi connectivity index (χ2v) is 5.65. The van der Waals surface area contributed by atoms with Gasteiger partial charge in [0.15, 0.2) is 5.96 Å². The zero-order valence-electron chi connectivity index (χ0n) is 14.4. The molecular weight excluding hydrogens is 421 g/mol. The SMILES string of the molecule is CCNC(=NCCCOCC1CCOC1)NCCn1ccnc1.I. The molecule has 1 aliphatic rings. The van der Waals surface area contributed by atoms with Gasteiger partial charge in [0, 0.05) is 57.7 Å². The summed E-state index contributed by atoms with van der Waals surface area (Å²) in [5.41, 5.74) is 0. The second kappa shape index (κ2) is 13.4. The van der Waals surface area contributed by atoms with Crippen LogP contribution in [0.15, 0.2) is 23.7 Å². The van der Waals surface area contributed by atoms with Gasteiger partial charge in [0.1, 0.15) is 0 Å². The fourth-order valence-corrected chi connectivity index (χ4v) is 2.39. The lowest BCUT2D eigenvalue weighted by atomic mass is 10.1. The molecule has 0 amide bonds. The van der Waals surface area contributed by atoms with Crippen molar-refractivity contribution in [3.05, 3.63) is 18.7 Å². The fraction of sp³-hybridized carbons (Fsp3) is 0.750. The van der Waals surface area contributed by atoms with Crippen LogP contribution in [0.4, 0.5) is 0 Å². The molecule has 24 heavy (non-hydrogen) atoms. The lowest BCUT2D eigenvalue weighted by Crippen LogP contribution is -2.38. The maximum Gasteiger partial charge on any atom is 0.191 e. The summed E-state index contributed by atoms with van der Waals surface area (Å²) < 4.78 is 13.1. The van der Waals surface area contributed by atoms with Gasteiger partial charge in [-0.05, 0) is 19.8 Å². The summed E-state index contributed by atoms with van der Waals surface area (Å²) in [6.07, 6.45) is 7.63. The van der Waals surface area contributed by atoms with E-state index >= 15 is 0 Å². The van der Waals surface area contributed by atoms with Crippen LogP contribution in [0.2, 0.25) is 0 Å². The Hall–Kier alpha value is -0.870. The van der Waals surface area contributed by atoms with Crippen molar-refractivity contribution in [2.75, 3.05) is 46.1 Å². The highest BCUT2D eigenvalue weighted by Crippen LogP contribution is 2.12. The van der Waals surface area contributed by atoms with Gasteiger partial charge in [-0.25, -0.2) is 4.98 Å². The third kappa shape index (κ3) is 8.84. The number of ether oxygens (including phenoxy) is 2. The number of halogens is 1. The van der Waals surface area contributed by atoms with E-state index in [1.807, 2.05) is 17.1 Å². The molecule has 8 heteroatoms. The van der Waals surface area contributed by atoms with Crippen molar-refractivity contribution in [3.63, 3.8) is 0 Å². The van der Waals surface area contributed by atoms with E-state index in [0.29, 0.717) is 5.92 Å². The average Bonchev–Trinajstić information content (AvgIpc) is 3.24. The number of aromatic nitrogens is 2. The monoisotopic (exact) mass is 451 g/mol. The lowest BCUT2D eigenvalue weighted by molar-refractivity contribution is 0.0893. The summed E-state index contributed by atoms with van der Waals surface area (Å²) in [5, 5.41) is 6.58. The van der Waals surface area contributed by atoms with Crippen LogP contribution in [-0.4, -0.2) is 61.6 Å². The van der Waals surface area contributed by atoms with Crippen LogP contribution in [0.3, 0.4) is 0 Å². The zero-order valence-corrected chi connectivity index (χ0v) is 16.8. The van der Waals surface area contributed by atoms with Crippen molar-refractivity contribution in [3.8, 4) is 0 Å². The predicted octanol–water partition coefficient (Wildman–Crippen LogP) is 1.50. The first-order valence-corrected chi connectivity index (χ1v) is 8.52. The Morgan fingerprint density at radius 1 is 1.46 bits per heavy atom. The number of hydrogen-bond donors (Lipinski definition) is 2. The molecule has 0 aromatic carbocycles. The third-order valence-corrected chi connectivity index (χ3v) is 3.66. The smallest absolute Gasteiger partial charge is 0.191 e. The second-order valence-electron chi connectivity index (χ2n) is 5.65. The van der Waals surface area contributed by atoms with Crippen LogP contribution in [-0.2, 0) is 16.0 Å². The van der Waals surface area contributed by atoms with E-state index in [2.05, 4.69) is 27.5 Å². The molecule has 1 aromatic rings. The third-order valence-electron chi connectivity index (χ3n) is 3.66. The van der Waals surface area contributed by atoms with Crippen molar-refractivity contribution < 1.29 is 9.47 Å². The molecule has 0 radical (unpaired) electrons. The summed E-state index contributed by atoms with van der Waals surface area (Å²) in [5.74, 6) is 1.44. The van der Waals surface area contributed by atoms with E-state index in [-0.39, 0.29) is 24.0 Å². The number of aliphatic imine (C=N–C) groups is 1. The molecule has 1 aliphatic heterocycles. The topological polar surface area (TPSA) is 72.7 Å². The first-order chi connectivity index (χ1) is 11.4. The fourth-order valence-electron chi connectivity index (χ4n) is 2.39. The Morgan fingerprint density at radius 2 is 2.38 bits per heavy atom. The van der Waals surface area contributed by atoms with Crippen LogP contribution in [0.1, 0.15) is 19.8 Å². The number of nitrogens with one attached hydrogen (secondary N) is 2. The average molecular weight is 451 g/mol. The Labute approximate surface area is 161 Å². The van der Waals surface area contributed by atoms with Crippen molar-refractivity contribution >= 4 is 29.9 Å². The molecule has 0 bridgehead atoms. The summed E-state index contributed by atoms with van der Waals surface area (Å²) in [4.78, 5) is 8.60. The first kappa shape index (κ1) is 21.2. The molecule has 1 fully saturated rings. The summed E-state index contributed by atoms with van der Waals surface area (Å²) in [7, 11) is 0. The van der Waals surface area contributed by atoms with Crippen molar-refractivity contribution in [2.24, 2.45) is 10.9 Å². The number of imidazole rings is 1. The molecule has 0 spiro atoms. The van der Waals surface area contributed by atoms with Crippen LogP contribution in [0.25, 0.3) is 0 Å². The van der Waals surface area contributed by atoms with Gasteiger partial charge >= 0.3 is 0 Å². The van der Waals surface area contributed by atoms with Gasteiger partial charge in [0.25, 0.3) is 0 Å². The van der Waals surface area contributed by atoms with E-state index in [0.717, 1.165) is 71.4 Å². The molecule has 2 heterocycles. The maximum absolute atomic E-state index is 5.69. The highest BCUT2D eigenvalue weighted by atomic mass is 127. The highest BCUT2D eigenvalue weighted by molar-refractivity contribution is 14.0. The van der Waals surface area contributed by atoms with E-state index in [1.54, 1.807) is 6.20 Å². The largest absolute Gasteiger partial charge is 0.381 e. The minimum Gasteiger partial charge on any atom is -0.381 e. The molecule has 0 aliphatic carbocycles. The number of nitrogens with zero attached hydrogens (tertiary/aromatic N) is 3. The van der Waals surface area contributed by atoms with Gasteiger partial charge < -0.3 is 24.7 Å². The minimum absolute atomic E-state index is 0. The van der Waals surface area contributed by atoms with Gasteiger partial charge in [0.05, 0.1) is 19.5 Å². The number of hydrogen-bond acceptors (Lipinski definition) is 4. The molecule has 1 atom stereocenters. The quantitative estimate of drug-likeness (QED) is 0.244. The predicted molar refractivity (Wildman–Crippen MR) is 106 cm³/mol. The van der Waals surface area contributed by atoms with Crippen molar-refractivity contribution in [1.82, 2.24) is 20.2 Å². The molecule has 2 rings (SSSR count). The number of rotatable bonds is 10. The van der Waals surface area contributed by atoms with E-state index < -0.39 is 0 Å². The molecule has 2 N–H and O–H groups in total. The molecule has 138 valence electrons. The maximum atomic E-state index is 5.69. The van der Waals surface area contributed by atoms with Gasteiger partial charge in [0.2, 0.25) is 0 Å². The van der Waals surface area contributed by atoms with E-state index in [4.69, 9.17) is 9.47 Å². The standard InChI is InChI=1S/C16H29N5O2.HI/c1-2-18-16(20-7-9-21-8-6-17-14-21)19-5-3-10-22-12-15-4-11-23-13-15;/h6,8,14-15H,2-5,7,9-13H2,1H3,(H2,18,19,20);1H. The molecule has 1 aromatic heterocycles. The van der Waals surface area contributed by atoms with Crippen LogP contribution >= 0.6 is 24.0 Å². The first-order valence-electron chi connectivity index (χ1n) is 8.52. The van der Waals surface area contributed by atoms with Gasteiger partial charge in [-0.2, -0.15) is 0 Å². The minimum atomic E-state index is 0. The van der Waals surface area contributed by atoms with E-state index in [1.165, 1.54) is 0 Å². The Kier molecular flexibility index (Phi) is 11.8. The van der Waals surface area contributed by atoms with Gasteiger partial charge in [-0.3, -0.25) is 4.99 Å². The normalized spacial score (nSPS) is 17.5. The van der Waals surface area contributed by atoms with Gasteiger partial charge in [-0.15, -0.1) is 24.0 Å². The zero-order chi connectivity index (χ0) is 16.2. The van der Waals surface area contributed by atoms with Crippen molar-refractivity contribution in [2.45, 2.75) is 26.3 Å². The molecule has 1 saturated heterocycles. The molecule has 1 unspecified atom stereocenters. The van der Waals surface area contributed by atoms with Crippen LogP contribution in [0.5, 0.6) is 0 Å². The molecular formula is C16H30IN5O2. The molecule has 0 saturated carbocycles. The summed E-state index contributed by atoms with van der Waals surface area (Å²) >= 11 is 0. The van der Waals surface area contributed by atoms with Crippen LogP contribution < -0.4 is 10.6 Å².